The molecule has 0 spiro atoms. The molecule has 0 aromatic carbocycles. The fraction of sp³-hybridized carbons (Fsp3) is 0.500. The van der Waals surface area contributed by atoms with E-state index in [1.165, 1.54) is 4.68 Å². The Morgan fingerprint density at radius 1 is 1.00 bits per heavy atom. The van der Waals surface area contributed by atoms with Crippen molar-refractivity contribution in [1.82, 2.24) is 30.0 Å². The van der Waals surface area contributed by atoms with E-state index in [4.69, 9.17) is 0 Å². The molecular weight excluding hydrogens is 346 g/mol. The van der Waals surface area contributed by atoms with Crippen LogP contribution in [0.2, 0.25) is 0 Å². The smallest absolute Gasteiger partial charge is 0.252 e. The Morgan fingerprint density at radius 3 is 2.22 bits per heavy atom. The van der Waals surface area contributed by atoms with Crippen molar-refractivity contribution in [2.45, 2.75) is 34.6 Å². The quantitative estimate of drug-likeness (QED) is 0.715. The van der Waals surface area contributed by atoms with Crippen molar-refractivity contribution in [2.75, 3.05) is 31.5 Å². The van der Waals surface area contributed by atoms with Crippen molar-refractivity contribution < 1.29 is 9.59 Å². The van der Waals surface area contributed by atoms with Gasteiger partial charge in [-0.15, -0.1) is 0 Å². The zero-order chi connectivity index (χ0) is 20.0. The molecule has 0 aliphatic heterocycles. The largest absolute Gasteiger partial charge is 0.355 e. The number of nitrogens with one attached hydrogen (secondary N) is 2. The summed E-state index contributed by atoms with van der Waals surface area (Å²) in [6.45, 7) is 10.8. The van der Waals surface area contributed by atoms with E-state index in [0.29, 0.717) is 24.9 Å². The van der Waals surface area contributed by atoms with Gasteiger partial charge in [0, 0.05) is 24.0 Å². The number of rotatable bonds is 8. The molecule has 2 rings (SSSR count). The molecule has 9 nitrogen and oxygen atoms in total. The standard InChI is InChI=1S/C18H27N7O2/c1-6-19-16(26)10-24(7-2)11-17(27)22-15-9-14(5)23-25(15)18-20-12(3)8-13(4)21-18/h8-9H,6-7,10-11H2,1-5H3,(H,19,26)(H,22,27). The number of carbonyl (C=O) groups excluding carboxylic acids is 2. The molecule has 2 aromatic heterocycles. The third-order valence-electron chi connectivity index (χ3n) is 3.81. The van der Waals surface area contributed by atoms with E-state index in [9.17, 15) is 9.59 Å². The van der Waals surface area contributed by atoms with Gasteiger partial charge in [0.15, 0.2) is 0 Å². The van der Waals surface area contributed by atoms with Crippen LogP contribution in [0.15, 0.2) is 12.1 Å². The topological polar surface area (TPSA) is 105 Å². The van der Waals surface area contributed by atoms with Crippen LogP contribution >= 0.6 is 0 Å². The van der Waals surface area contributed by atoms with Crippen LogP contribution in [0.5, 0.6) is 0 Å². The lowest BCUT2D eigenvalue weighted by molar-refractivity contribution is -0.123. The van der Waals surface area contributed by atoms with Crippen LogP contribution in [0, 0.1) is 20.8 Å². The van der Waals surface area contributed by atoms with Crippen molar-refractivity contribution in [1.29, 1.82) is 0 Å². The van der Waals surface area contributed by atoms with E-state index in [0.717, 1.165) is 17.1 Å². The molecule has 0 saturated heterocycles. The zero-order valence-electron chi connectivity index (χ0n) is 16.5. The molecule has 0 atom stereocenters. The number of amides is 2. The van der Waals surface area contributed by atoms with Gasteiger partial charge in [-0.2, -0.15) is 9.78 Å². The van der Waals surface area contributed by atoms with Gasteiger partial charge in [0.25, 0.3) is 5.95 Å². The van der Waals surface area contributed by atoms with Gasteiger partial charge in [0.2, 0.25) is 11.8 Å². The molecule has 0 aliphatic carbocycles. The molecule has 146 valence electrons. The minimum Gasteiger partial charge on any atom is -0.355 e. The Labute approximate surface area is 159 Å². The first kappa shape index (κ1) is 20.5. The zero-order valence-corrected chi connectivity index (χ0v) is 16.5. The Kier molecular flexibility index (Phi) is 7.00. The predicted octanol–water partition coefficient (Wildman–Crippen LogP) is 0.984. The fourth-order valence-electron chi connectivity index (χ4n) is 2.66. The number of aromatic nitrogens is 4. The van der Waals surface area contributed by atoms with Crippen LogP contribution in [0.4, 0.5) is 5.82 Å². The van der Waals surface area contributed by atoms with Crippen LogP contribution in [0.25, 0.3) is 5.95 Å². The van der Waals surface area contributed by atoms with E-state index < -0.39 is 0 Å². The van der Waals surface area contributed by atoms with Gasteiger partial charge in [-0.1, -0.05) is 6.92 Å². The van der Waals surface area contributed by atoms with E-state index >= 15 is 0 Å². The maximum atomic E-state index is 12.5. The molecule has 0 bridgehead atoms. The minimum atomic E-state index is -0.230. The maximum Gasteiger partial charge on any atom is 0.252 e. The highest BCUT2D eigenvalue weighted by Gasteiger charge is 2.16. The van der Waals surface area contributed by atoms with Crippen LogP contribution < -0.4 is 10.6 Å². The molecule has 2 aromatic rings. The van der Waals surface area contributed by atoms with Crippen LogP contribution in [0.1, 0.15) is 30.9 Å². The number of aryl methyl sites for hydroxylation is 3. The van der Waals surface area contributed by atoms with Gasteiger partial charge in [0.05, 0.1) is 18.8 Å². The summed E-state index contributed by atoms with van der Waals surface area (Å²) in [5.41, 5.74) is 2.38. The summed E-state index contributed by atoms with van der Waals surface area (Å²) in [7, 11) is 0. The van der Waals surface area contributed by atoms with Crippen molar-refractivity contribution in [3.05, 3.63) is 29.2 Å². The molecule has 0 radical (unpaired) electrons. The summed E-state index contributed by atoms with van der Waals surface area (Å²) in [6, 6.07) is 3.64. The second-order valence-electron chi connectivity index (χ2n) is 6.34. The number of anilines is 1. The normalized spacial score (nSPS) is 10.9. The molecule has 9 heteroatoms. The monoisotopic (exact) mass is 373 g/mol. The van der Waals surface area contributed by atoms with E-state index in [1.54, 1.807) is 11.0 Å². The van der Waals surface area contributed by atoms with Gasteiger partial charge in [-0.25, -0.2) is 9.97 Å². The minimum absolute atomic E-state index is 0.100. The number of carbonyl (C=O) groups is 2. The molecule has 0 fully saturated rings. The highest BCUT2D eigenvalue weighted by atomic mass is 16.2. The fourth-order valence-corrected chi connectivity index (χ4v) is 2.66. The average molecular weight is 373 g/mol. The average Bonchev–Trinajstić information content (AvgIpc) is 2.93. The third-order valence-corrected chi connectivity index (χ3v) is 3.81. The van der Waals surface area contributed by atoms with Crippen molar-refractivity contribution in [3.63, 3.8) is 0 Å². The van der Waals surface area contributed by atoms with Gasteiger partial charge in [0.1, 0.15) is 5.82 Å². The molecule has 2 amide bonds. The molecule has 2 heterocycles. The summed E-state index contributed by atoms with van der Waals surface area (Å²) in [5, 5.41) is 9.97. The predicted molar refractivity (Wildman–Crippen MR) is 103 cm³/mol. The first-order valence-corrected chi connectivity index (χ1v) is 9.00. The summed E-state index contributed by atoms with van der Waals surface area (Å²) < 4.78 is 1.52. The van der Waals surface area contributed by atoms with Gasteiger partial charge in [-0.3, -0.25) is 14.5 Å². The third kappa shape index (κ3) is 5.85. The number of nitrogens with zero attached hydrogens (tertiary/aromatic N) is 5. The van der Waals surface area contributed by atoms with E-state index in [-0.39, 0.29) is 24.9 Å². The second kappa shape index (κ2) is 9.22. The van der Waals surface area contributed by atoms with Crippen LogP contribution in [-0.2, 0) is 9.59 Å². The van der Waals surface area contributed by atoms with E-state index in [1.807, 2.05) is 40.7 Å². The van der Waals surface area contributed by atoms with Gasteiger partial charge in [-0.05, 0) is 40.3 Å². The highest BCUT2D eigenvalue weighted by Crippen LogP contribution is 2.15. The Morgan fingerprint density at radius 2 is 1.63 bits per heavy atom. The molecule has 0 saturated carbocycles. The summed E-state index contributed by atoms with van der Waals surface area (Å²) in [6.07, 6.45) is 0. The SMILES string of the molecule is CCNC(=O)CN(CC)CC(=O)Nc1cc(C)nn1-c1nc(C)cc(C)n1. The second-order valence-corrected chi connectivity index (χ2v) is 6.34. The highest BCUT2D eigenvalue weighted by molar-refractivity contribution is 5.92. The Hall–Kier alpha value is -2.81. The maximum absolute atomic E-state index is 12.5. The Balaban J connectivity index is 2.13. The molecular formula is C18H27N7O2. The van der Waals surface area contributed by atoms with E-state index in [2.05, 4.69) is 25.7 Å². The van der Waals surface area contributed by atoms with Crippen molar-refractivity contribution in [3.8, 4) is 5.95 Å². The molecule has 0 unspecified atom stereocenters. The van der Waals surface area contributed by atoms with Crippen LogP contribution in [0.3, 0.4) is 0 Å². The summed E-state index contributed by atoms with van der Waals surface area (Å²) in [4.78, 5) is 34.8. The van der Waals surface area contributed by atoms with Crippen molar-refractivity contribution >= 4 is 17.6 Å². The summed E-state index contributed by atoms with van der Waals surface area (Å²) >= 11 is 0. The van der Waals surface area contributed by atoms with Gasteiger partial charge < -0.3 is 10.6 Å². The Bertz CT molecular complexity index is 796. The lowest BCUT2D eigenvalue weighted by atomic mass is 10.3. The van der Waals surface area contributed by atoms with Crippen LogP contribution in [-0.4, -0.2) is 62.6 Å². The first-order chi connectivity index (χ1) is 12.8. The number of likely N-dealkylation sites (N-methyl/N-ethyl adjacent to an activating group) is 2. The molecule has 2 N–H and O–H groups in total. The lowest BCUT2D eigenvalue weighted by Gasteiger charge is -2.19. The molecule has 0 aliphatic rings. The van der Waals surface area contributed by atoms with Crippen molar-refractivity contribution in [2.24, 2.45) is 0 Å². The first-order valence-electron chi connectivity index (χ1n) is 9.00. The molecule has 27 heavy (non-hydrogen) atoms. The van der Waals surface area contributed by atoms with Gasteiger partial charge >= 0.3 is 0 Å². The number of hydrogen-bond donors (Lipinski definition) is 2. The number of hydrogen-bond acceptors (Lipinski definition) is 6. The summed E-state index contributed by atoms with van der Waals surface area (Å²) in [5.74, 6) is 0.575. The lowest BCUT2D eigenvalue weighted by Crippen LogP contribution is -2.41.